The van der Waals surface area contributed by atoms with Crippen molar-refractivity contribution >= 4 is 17.5 Å². The molecule has 1 aromatic heterocycles. The highest BCUT2D eigenvalue weighted by Crippen LogP contribution is 2.29. The molecule has 0 spiro atoms. The largest absolute Gasteiger partial charge is 0.332 e. The van der Waals surface area contributed by atoms with Gasteiger partial charge in [0.05, 0.1) is 60.4 Å². The Labute approximate surface area is 166 Å². The van der Waals surface area contributed by atoms with Crippen LogP contribution in [0, 0.1) is 0 Å². The number of carbonyl (C=O) groups is 1. The molecule has 0 saturated carbocycles. The molecule has 0 radical (unpaired) electrons. The topological polar surface area (TPSA) is 42.6 Å². The molecule has 6 heteroatoms. The highest BCUT2D eigenvalue weighted by Gasteiger charge is 2.31. The van der Waals surface area contributed by atoms with E-state index in [9.17, 15) is 4.79 Å². The van der Waals surface area contributed by atoms with Crippen LogP contribution in [0.2, 0.25) is 5.02 Å². The summed E-state index contributed by atoms with van der Waals surface area (Å²) in [6, 6.07) is 7.68. The Balaban J connectivity index is 2.04. The summed E-state index contributed by atoms with van der Waals surface area (Å²) in [7, 11) is 0. The Morgan fingerprint density at radius 3 is 2.44 bits per heavy atom. The fourth-order valence-corrected chi connectivity index (χ4v) is 4.01. The molecule has 27 heavy (non-hydrogen) atoms. The van der Waals surface area contributed by atoms with Gasteiger partial charge in [0.2, 0.25) is 0 Å². The molecule has 2 aromatic rings. The van der Waals surface area contributed by atoms with E-state index in [1.807, 2.05) is 33.8 Å². The number of aromatic nitrogens is 2. The summed E-state index contributed by atoms with van der Waals surface area (Å²) in [4.78, 5) is 17.0. The smallest absolute Gasteiger partial charge is 0.258 e. The molecule has 0 atom stereocenters. The Bertz CT molecular complexity index is 807. The first kappa shape index (κ1) is 19.9. The minimum Gasteiger partial charge on any atom is -0.332 e. The lowest BCUT2D eigenvalue weighted by atomic mass is 10.0. The number of hydrogen-bond donors (Lipinski definition) is 1. The zero-order valence-corrected chi connectivity index (χ0v) is 17.5. The molecule has 1 aromatic carbocycles. The molecule has 146 valence electrons. The molecule has 3 rings (SSSR count). The van der Waals surface area contributed by atoms with Gasteiger partial charge in [-0.2, -0.15) is 5.10 Å². The van der Waals surface area contributed by atoms with Crippen LogP contribution >= 0.6 is 11.6 Å². The molecule has 1 amide bonds. The number of likely N-dealkylation sites (N-methyl/N-ethyl adjacent to an activating group) is 1. The molecule has 2 heterocycles. The monoisotopic (exact) mass is 389 g/mol. The van der Waals surface area contributed by atoms with Gasteiger partial charge in [0.25, 0.3) is 5.91 Å². The molecule has 5 nitrogen and oxygen atoms in total. The Morgan fingerprint density at radius 1 is 1.22 bits per heavy atom. The van der Waals surface area contributed by atoms with Crippen LogP contribution in [0.4, 0.5) is 0 Å². The average Bonchev–Trinajstić information content (AvgIpc) is 3.07. The second-order valence-electron chi connectivity index (χ2n) is 7.47. The van der Waals surface area contributed by atoms with Crippen molar-refractivity contribution in [2.45, 2.75) is 40.0 Å². The van der Waals surface area contributed by atoms with Gasteiger partial charge in [-0.1, -0.05) is 44.5 Å². The zero-order valence-electron chi connectivity index (χ0n) is 16.8. The SMILES string of the molecule is CCc1c(C(=O)N2CC[NH+](CC)CC2)c(C(C)C)nn1-c1ccccc1Cl. The summed E-state index contributed by atoms with van der Waals surface area (Å²) >= 11 is 6.43. The number of nitrogens with zero attached hydrogens (tertiary/aromatic N) is 3. The van der Waals surface area contributed by atoms with Crippen LogP contribution in [0.15, 0.2) is 24.3 Å². The van der Waals surface area contributed by atoms with Gasteiger partial charge in [-0.15, -0.1) is 0 Å². The average molecular weight is 390 g/mol. The summed E-state index contributed by atoms with van der Waals surface area (Å²) in [6.45, 7) is 13.2. The molecule has 1 aliphatic rings. The van der Waals surface area contributed by atoms with E-state index in [1.54, 1.807) is 4.90 Å². The van der Waals surface area contributed by atoms with Crippen molar-refractivity contribution in [1.29, 1.82) is 0 Å². The molecule has 0 unspecified atom stereocenters. The van der Waals surface area contributed by atoms with Gasteiger partial charge in [0.15, 0.2) is 0 Å². The van der Waals surface area contributed by atoms with Crippen molar-refractivity contribution in [2.75, 3.05) is 32.7 Å². The first-order valence-electron chi connectivity index (χ1n) is 9.97. The van der Waals surface area contributed by atoms with Crippen LogP contribution in [-0.4, -0.2) is 53.3 Å². The normalized spacial score (nSPS) is 15.6. The van der Waals surface area contributed by atoms with Gasteiger partial charge in [0, 0.05) is 0 Å². The summed E-state index contributed by atoms with van der Waals surface area (Å²) < 4.78 is 1.87. The molecule has 0 aliphatic carbocycles. The van der Waals surface area contributed by atoms with Crippen molar-refractivity contribution < 1.29 is 9.69 Å². The number of benzene rings is 1. The fraction of sp³-hybridized carbons (Fsp3) is 0.524. The summed E-state index contributed by atoms with van der Waals surface area (Å²) in [5.41, 5.74) is 3.41. The quantitative estimate of drug-likeness (QED) is 0.854. The molecular formula is C21H30ClN4O+. The molecule has 1 saturated heterocycles. The number of rotatable bonds is 5. The van der Waals surface area contributed by atoms with Crippen LogP contribution in [0.3, 0.4) is 0 Å². The summed E-state index contributed by atoms with van der Waals surface area (Å²) in [5, 5.41) is 5.48. The second kappa shape index (κ2) is 8.44. The maximum Gasteiger partial charge on any atom is 0.258 e. The maximum atomic E-state index is 13.5. The predicted molar refractivity (Wildman–Crippen MR) is 109 cm³/mol. The number of nitrogens with one attached hydrogen (secondary N) is 1. The lowest BCUT2D eigenvalue weighted by molar-refractivity contribution is -0.902. The standard InChI is InChI=1S/C21H29ClN4O/c1-5-17-19(21(27)25-13-11-24(6-2)12-14-25)20(15(3)4)23-26(17)18-10-8-7-9-16(18)22/h7-10,15H,5-6,11-14H2,1-4H3/p+1. The number of carbonyl (C=O) groups excluding carboxylic acids is 1. The molecule has 1 fully saturated rings. The first-order valence-corrected chi connectivity index (χ1v) is 10.3. The van der Waals surface area contributed by atoms with Gasteiger partial charge in [0.1, 0.15) is 0 Å². The zero-order chi connectivity index (χ0) is 19.6. The van der Waals surface area contributed by atoms with Crippen molar-refractivity contribution in [3.63, 3.8) is 0 Å². The highest BCUT2D eigenvalue weighted by atomic mass is 35.5. The minimum absolute atomic E-state index is 0.115. The van der Waals surface area contributed by atoms with E-state index in [4.69, 9.17) is 16.7 Å². The summed E-state index contributed by atoms with van der Waals surface area (Å²) in [5.74, 6) is 0.282. The second-order valence-corrected chi connectivity index (χ2v) is 7.88. The van der Waals surface area contributed by atoms with E-state index in [-0.39, 0.29) is 11.8 Å². The minimum atomic E-state index is 0.115. The lowest BCUT2D eigenvalue weighted by Crippen LogP contribution is -3.14. The van der Waals surface area contributed by atoms with Crippen molar-refractivity contribution in [3.05, 3.63) is 46.2 Å². The Hall–Kier alpha value is -1.85. The molecule has 1 N–H and O–H groups in total. The van der Waals surface area contributed by atoms with Gasteiger partial charge in [-0.25, -0.2) is 4.68 Å². The van der Waals surface area contributed by atoms with Crippen LogP contribution in [0.1, 0.15) is 55.4 Å². The summed E-state index contributed by atoms with van der Waals surface area (Å²) in [6.07, 6.45) is 0.728. The van der Waals surface area contributed by atoms with E-state index >= 15 is 0 Å². The lowest BCUT2D eigenvalue weighted by Gasteiger charge is -2.32. The van der Waals surface area contributed by atoms with Crippen molar-refractivity contribution in [1.82, 2.24) is 14.7 Å². The number of hydrogen-bond acceptors (Lipinski definition) is 2. The highest BCUT2D eigenvalue weighted by molar-refractivity contribution is 6.32. The molecule has 0 bridgehead atoms. The van der Waals surface area contributed by atoms with Crippen LogP contribution in [0.5, 0.6) is 0 Å². The van der Waals surface area contributed by atoms with Gasteiger partial charge in [-0.05, 0) is 31.4 Å². The first-order chi connectivity index (χ1) is 13.0. The molecule has 1 aliphatic heterocycles. The van der Waals surface area contributed by atoms with Crippen LogP contribution < -0.4 is 4.90 Å². The van der Waals surface area contributed by atoms with Gasteiger partial charge >= 0.3 is 0 Å². The number of quaternary nitrogens is 1. The van der Waals surface area contributed by atoms with E-state index in [1.165, 1.54) is 0 Å². The van der Waals surface area contributed by atoms with E-state index in [2.05, 4.69) is 27.7 Å². The molecular weight excluding hydrogens is 360 g/mol. The van der Waals surface area contributed by atoms with E-state index in [0.717, 1.165) is 61.8 Å². The predicted octanol–water partition coefficient (Wildman–Crippen LogP) is 2.57. The van der Waals surface area contributed by atoms with Gasteiger partial charge in [-0.3, -0.25) is 4.79 Å². The third-order valence-electron chi connectivity index (χ3n) is 5.44. The third-order valence-corrected chi connectivity index (χ3v) is 5.76. The van der Waals surface area contributed by atoms with Crippen molar-refractivity contribution in [2.24, 2.45) is 0 Å². The number of piperazine rings is 1. The van der Waals surface area contributed by atoms with E-state index in [0.29, 0.717) is 5.02 Å². The van der Waals surface area contributed by atoms with Crippen LogP contribution in [-0.2, 0) is 6.42 Å². The fourth-order valence-electron chi connectivity index (χ4n) is 3.80. The number of halogens is 1. The van der Waals surface area contributed by atoms with Crippen LogP contribution in [0.25, 0.3) is 5.69 Å². The van der Waals surface area contributed by atoms with Crippen molar-refractivity contribution in [3.8, 4) is 5.69 Å². The Kier molecular flexibility index (Phi) is 6.22. The third kappa shape index (κ3) is 3.90. The van der Waals surface area contributed by atoms with E-state index < -0.39 is 0 Å². The number of para-hydroxylation sites is 1. The Morgan fingerprint density at radius 2 is 1.89 bits per heavy atom. The maximum absolute atomic E-state index is 13.5. The van der Waals surface area contributed by atoms with Gasteiger partial charge < -0.3 is 9.80 Å². The number of amides is 1.